The number of carbonyl (C=O) groups is 1. The zero-order valence-electron chi connectivity index (χ0n) is 11.8. The van der Waals surface area contributed by atoms with Crippen LogP contribution in [-0.2, 0) is 0 Å². The number of phenolic OH excluding ortho intramolecular Hbond substituents is 1. The molecule has 1 atom stereocenters. The van der Waals surface area contributed by atoms with E-state index >= 15 is 0 Å². The van der Waals surface area contributed by atoms with Gasteiger partial charge in [0.25, 0.3) is 5.91 Å². The van der Waals surface area contributed by atoms with Gasteiger partial charge >= 0.3 is 0 Å². The lowest BCUT2D eigenvalue weighted by Gasteiger charge is -2.36. The number of aromatic hydroxyl groups is 1. The predicted molar refractivity (Wildman–Crippen MR) is 79.7 cm³/mol. The van der Waals surface area contributed by atoms with Crippen molar-refractivity contribution < 1.29 is 14.6 Å². The molecule has 2 aromatic rings. The molecule has 0 aromatic heterocycles. The molecule has 0 aliphatic carbocycles. The van der Waals surface area contributed by atoms with E-state index in [1.54, 1.807) is 24.3 Å². The summed E-state index contributed by atoms with van der Waals surface area (Å²) in [6.45, 7) is 0. The van der Waals surface area contributed by atoms with Crippen LogP contribution in [0, 0.1) is 0 Å². The molecule has 0 unspecified atom stereocenters. The van der Waals surface area contributed by atoms with Gasteiger partial charge in [-0.05, 0) is 18.2 Å². The van der Waals surface area contributed by atoms with Crippen LogP contribution in [0.1, 0.15) is 22.1 Å². The van der Waals surface area contributed by atoms with Crippen LogP contribution in [0.3, 0.4) is 0 Å². The number of hydrogen-bond donors (Lipinski definition) is 2. The number of nitrogens with zero attached hydrogens (tertiary/aromatic N) is 1. The highest BCUT2D eigenvalue weighted by Gasteiger charge is 2.31. The molecule has 0 saturated heterocycles. The highest BCUT2D eigenvalue weighted by molar-refractivity contribution is 6.02. The van der Waals surface area contributed by atoms with Crippen LogP contribution in [0.2, 0.25) is 0 Å². The van der Waals surface area contributed by atoms with E-state index in [1.807, 2.05) is 30.1 Å². The van der Waals surface area contributed by atoms with E-state index in [0.717, 1.165) is 5.69 Å². The average Bonchev–Trinajstić information content (AvgIpc) is 2.51. The summed E-state index contributed by atoms with van der Waals surface area (Å²) >= 11 is 0. The molecular weight excluding hydrogens is 268 g/mol. The van der Waals surface area contributed by atoms with Gasteiger partial charge < -0.3 is 20.1 Å². The molecule has 0 radical (unpaired) electrons. The van der Waals surface area contributed by atoms with Crippen molar-refractivity contribution in [2.24, 2.45) is 0 Å². The topological polar surface area (TPSA) is 61.8 Å². The number of carbonyl (C=O) groups excluding carboxylic acids is 1. The lowest BCUT2D eigenvalue weighted by atomic mass is 10.0. The minimum absolute atomic E-state index is 0.0385. The molecule has 1 aliphatic heterocycles. The summed E-state index contributed by atoms with van der Waals surface area (Å²) in [5.41, 5.74) is 2.05. The van der Waals surface area contributed by atoms with Crippen LogP contribution in [0.4, 0.5) is 5.69 Å². The van der Waals surface area contributed by atoms with Gasteiger partial charge in [0.2, 0.25) is 0 Å². The van der Waals surface area contributed by atoms with Gasteiger partial charge in [0.15, 0.2) is 11.5 Å². The van der Waals surface area contributed by atoms with Crippen LogP contribution in [0.25, 0.3) is 0 Å². The summed E-state index contributed by atoms with van der Waals surface area (Å²) in [5, 5.41) is 13.2. The number of rotatable bonds is 2. The minimum Gasteiger partial charge on any atom is -0.504 e. The van der Waals surface area contributed by atoms with Crippen LogP contribution in [0.5, 0.6) is 11.5 Å². The van der Waals surface area contributed by atoms with E-state index < -0.39 is 6.17 Å². The van der Waals surface area contributed by atoms with Crippen LogP contribution < -0.4 is 15.0 Å². The molecule has 5 heteroatoms. The molecule has 3 rings (SSSR count). The Hall–Kier alpha value is -2.69. The van der Waals surface area contributed by atoms with E-state index in [1.165, 1.54) is 7.11 Å². The second-order valence-corrected chi connectivity index (χ2v) is 4.90. The van der Waals surface area contributed by atoms with Gasteiger partial charge in [-0.3, -0.25) is 4.79 Å². The molecule has 5 nitrogen and oxygen atoms in total. The van der Waals surface area contributed by atoms with E-state index in [2.05, 4.69) is 5.32 Å². The molecule has 2 aromatic carbocycles. The lowest BCUT2D eigenvalue weighted by molar-refractivity contribution is 0.0927. The first-order valence-corrected chi connectivity index (χ1v) is 6.62. The number of methoxy groups -OCH3 is 1. The Morgan fingerprint density at radius 1 is 1.19 bits per heavy atom. The van der Waals surface area contributed by atoms with Crippen molar-refractivity contribution in [3.8, 4) is 11.5 Å². The summed E-state index contributed by atoms with van der Waals surface area (Å²) < 4.78 is 5.13. The third kappa shape index (κ3) is 2.07. The largest absolute Gasteiger partial charge is 0.504 e. The van der Waals surface area contributed by atoms with Crippen molar-refractivity contribution in [3.05, 3.63) is 53.6 Å². The Bertz CT molecular complexity index is 700. The smallest absolute Gasteiger partial charge is 0.255 e. The fourth-order valence-corrected chi connectivity index (χ4v) is 2.62. The molecule has 1 amide bonds. The van der Waals surface area contributed by atoms with Gasteiger partial charge in [-0.1, -0.05) is 24.3 Å². The SMILES string of the molecule is COc1cccc([C@@H]2NC(=O)c3ccccc3N2C)c1O. The summed E-state index contributed by atoms with van der Waals surface area (Å²) in [6.07, 6.45) is -0.442. The van der Waals surface area contributed by atoms with Crippen molar-refractivity contribution in [1.82, 2.24) is 5.32 Å². The number of fused-ring (bicyclic) bond motifs is 1. The first-order valence-electron chi connectivity index (χ1n) is 6.62. The number of amides is 1. The van der Waals surface area contributed by atoms with Crippen LogP contribution in [0.15, 0.2) is 42.5 Å². The van der Waals surface area contributed by atoms with Gasteiger partial charge in [-0.25, -0.2) is 0 Å². The van der Waals surface area contributed by atoms with Gasteiger partial charge in [0.1, 0.15) is 6.17 Å². The number of anilines is 1. The highest BCUT2D eigenvalue weighted by atomic mass is 16.5. The monoisotopic (exact) mass is 284 g/mol. The maximum Gasteiger partial charge on any atom is 0.255 e. The van der Waals surface area contributed by atoms with Crippen molar-refractivity contribution >= 4 is 11.6 Å². The number of benzene rings is 2. The summed E-state index contributed by atoms with van der Waals surface area (Å²) in [6, 6.07) is 12.6. The van der Waals surface area contributed by atoms with Gasteiger partial charge in [-0.2, -0.15) is 0 Å². The molecule has 2 N–H and O–H groups in total. The number of nitrogens with one attached hydrogen (secondary N) is 1. The molecule has 0 fully saturated rings. The van der Waals surface area contributed by atoms with E-state index in [-0.39, 0.29) is 11.7 Å². The second-order valence-electron chi connectivity index (χ2n) is 4.90. The van der Waals surface area contributed by atoms with Crippen LogP contribution >= 0.6 is 0 Å². The van der Waals surface area contributed by atoms with Gasteiger partial charge in [-0.15, -0.1) is 0 Å². The molecular formula is C16H16N2O3. The Morgan fingerprint density at radius 2 is 1.95 bits per heavy atom. The van der Waals surface area contributed by atoms with Crippen molar-refractivity contribution in [2.75, 3.05) is 19.1 Å². The number of para-hydroxylation sites is 2. The Kier molecular flexibility index (Phi) is 3.17. The maximum atomic E-state index is 12.2. The van der Waals surface area contributed by atoms with Gasteiger partial charge in [0, 0.05) is 12.6 Å². The number of hydrogen-bond acceptors (Lipinski definition) is 4. The highest BCUT2D eigenvalue weighted by Crippen LogP contribution is 2.38. The Labute approximate surface area is 122 Å². The summed E-state index contributed by atoms with van der Waals surface area (Å²) in [4.78, 5) is 14.2. The summed E-state index contributed by atoms with van der Waals surface area (Å²) in [7, 11) is 3.37. The van der Waals surface area contributed by atoms with Crippen LogP contribution in [-0.4, -0.2) is 25.2 Å². The van der Waals surface area contributed by atoms with Crippen molar-refractivity contribution in [1.29, 1.82) is 0 Å². The lowest BCUT2D eigenvalue weighted by Crippen LogP contribution is -2.44. The quantitative estimate of drug-likeness (QED) is 0.888. The zero-order valence-corrected chi connectivity index (χ0v) is 11.8. The van der Waals surface area contributed by atoms with Crippen molar-refractivity contribution in [3.63, 3.8) is 0 Å². The molecule has 0 saturated carbocycles. The third-order valence-electron chi connectivity index (χ3n) is 3.73. The maximum absolute atomic E-state index is 12.2. The molecule has 0 spiro atoms. The van der Waals surface area contributed by atoms with E-state index in [4.69, 9.17) is 4.74 Å². The Morgan fingerprint density at radius 3 is 2.71 bits per heavy atom. The molecule has 21 heavy (non-hydrogen) atoms. The van der Waals surface area contributed by atoms with E-state index in [0.29, 0.717) is 16.9 Å². The predicted octanol–water partition coefficient (Wildman–Crippen LogP) is 2.28. The Balaban J connectivity index is 2.08. The average molecular weight is 284 g/mol. The molecule has 1 aliphatic rings. The molecule has 108 valence electrons. The molecule has 0 bridgehead atoms. The normalized spacial score (nSPS) is 17.1. The molecule has 1 heterocycles. The zero-order chi connectivity index (χ0) is 15.0. The number of ether oxygens (including phenoxy) is 1. The number of phenols is 1. The second kappa shape index (κ2) is 5.01. The fourth-order valence-electron chi connectivity index (χ4n) is 2.62. The first-order chi connectivity index (χ1) is 10.1. The van der Waals surface area contributed by atoms with Gasteiger partial charge in [0.05, 0.1) is 18.4 Å². The fraction of sp³-hybridized carbons (Fsp3) is 0.188. The summed E-state index contributed by atoms with van der Waals surface area (Å²) in [5.74, 6) is 0.265. The third-order valence-corrected chi connectivity index (χ3v) is 3.73. The minimum atomic E-state index is -0.442. The standard InChI is InChI=1S/C16H16N2O3/c1-18-12-8-4-3-6-10(12)16(20)17-15(18)11-7-5-9-13(21-2)14(11)19/h3-9,15,19H,1-2H3,(H,17,20)/t15-/m1/s1. The van der Waals surface area contributed by atoms with E-state index in [9.17, 15) is 9.90 Å². The first kappa shape index (κ1) is 13.3. The van der Waals surface area contributed by atoms with Crippen molar-refractivity contribution in [2.45, 2.75) is 6.17 Å².